The van der Waals surface area contributed by atoms with E-state index in [2.05, 4.69) is 58.6 Å². The number of hydrogen-bond acceptors (Lipinski definition) is 2. The van der Waals surface area contributed by atoms with Gasteiger partial charge in [-0.2, -0.15) is 0 Å². The fourth-order valence-corrected chi connectivity index (χ4v) is 8.98. The molecule has 0 amide bonds. The van der Waals surface area contributed by atoms with Gasteiger partial charge in [0.1, 0.15) is 0 Å². The van der Waals surface area contributed by atoms with Crippen LogP contribution in [-0.2, 0) is 19.0 Å². The molecule has 0 spiro atoms. The van der Waals surface area contributed by atoms with E-state index < -0.39 is 19.0 Å². The van der Waals surface area contributed by atoms with E-state index in [-0.39, 0.29) is 0 Å². The van der Waals surface area contributed by atoms with Crippen molar-refractivity contribution in [3.8, 4) is 0 Å². The molecule has 1 aliphatic rings. The van der Waals surface area contributed by atoms with Gasteiger partial charge in [0.25, 0.3) is 0 Å². The van der Waals surface area contributed by atoms with Gasteiger partial charge in [0.15, 0.2) is 0 Å². The second-order valence-electron chi connectivity index (χ2n) is 3.86. The average Bonchev–Trinajstić information content (AvgIpc) is 2.83. The van der Waals surface area contributed by atoms with Gasteiger partial charge in [0.05, 0.1) is 0 Å². The Bertz CT molecular complexity index is 218. The van der Waals surface area contributed by atoms with Crippen molar-refractivity contribution >= 4 is 0 Å². The van der Waals surface area contributed by atoms with E-state index in [0.29, 0.717) is 0 Å². The second kappa shape index (κ2) is 7.46. The Labute approximate surface area is 108 Å². The molecule has 0 aromatic heterocycles. The second-order valence-corrected chi connectivity index (χ2v) is 9.68. The first-order valence-electron chi connectivity index (χ1n) is 6.42. The SMILES string of the molecule is CC[N](CC)[Nb+2]([CH]1C=CC=C1)[N](CC)CC. The van der Waals surface area contributed by atoms with Crippen LogP contribution in [0.5, 0.6) is 0 Å². The van der Waals surface area contributed by atoms with E-state index in [4.69, 9.17) is 0 Å². The fourth-order valence-electron chi connectivity index (χ4n) is 2.16. The van der Waals surface area contributed by atoms with Crippen LogP contribution in [-0.4, -0.2) is 32.8 Å². The summed E-state index contributed by atoms with van der Waals surface area (Å²) in [7, 11) is 0. The van der Waals surface area contributed by atoms with Gasteiger partial charge in [-0.15, -0.1) is 0 Å². The molecule has 1 aliphatic carbocycles. The molecule has 0 radical (unpaired) electrons. The summed E-state index contributed by atoms with van der Waals surface area (Å²) >= 11 is -1.52. The predicted molar refractivity (Wildman–Crippen MR) is 67.9 cm³/mol. The van der Waals surface area contributed by atoms with Gasteiger partial charge >= 0.3 is 108 Å². The molecule has 1 rings (SSSR count). The number of allylic oxidation sites excluding steroid dienone is 4. The molecule has 0 N–H and O–H groups in total. The molecule has 90 valence electrons. The van der Waals surface area contributed by atoms with Crippen LogP contribution in [0.4, 0.5) is 0 Å². The normalized spacial score (nSPS) is 15.6. The first-order chi connectivity index (χ1) is 7.78. The van der Waals surface area contributed by atoms with E-state index in [1.165, 1.54) is 26.2 Å². The zero-order chi connectivity index (χ0) is 12.0. The van der Waals surface area contributed by atoms with E-state index in [1.54, 1.807) is 0 Å². The third-order valence-corrected chi connectivity index (χ3v) is 10.8. The van der Waals surface area contributed by atoms with Crippen LogP contribution < -0.4 is 0 Å². The number of rotatable bonds is 7. The van der Waals surface area contributed by atoms with Crippen molar-refractivity contribution in [2.75, 3.05) is 26.2 Å². The van der Waals surface area contributed by atoms with Crippen LogP contribution in [0.2, 0.25) is 4.14 Å². The molecule has 0 saturated heterocycles. The number of hydrogen-bond donors (Lipinski definition) is 0. The zero-order valence-electron chi connectivity index (χ0n) is 11.1. The van der Waals surface area contributed by atoms with E-state index in [1.807, 2.05) is 0 Å². The average molecular weight is 302 g/mol. The molecule has 3 heteroatoms. The first-order valence-corrected chi connectivity index (χ1v) is 9.65. The summed E-state index contributed by atoms with van der Waals surface area (Å²) in [5.41, 5.74) is 0. The maximum absolute atomic E-state index is 2.74. The van der Waals surface area contributed by atoms with Crippen LogP contribution in [0.25, 0.3) is 0 Å². The summed E-state index contributed by atoms with van der Waals surface area (Å²) in [6.45, 7) is 14.0. The van der Waals surface area contributed by atoms with Crippen LogP contribution in [0, 0.1) is 0 Å². The molecule has 0 aliphatic heterocycles. The molecule has 0 heterocycles. The Morgan fingerprint density at radius 3 is 1.50 bits per heavy atom. The van der Waals surface area contributed by atoms with Crippen molar-refractivity contribution in [3.05, 3.63) is 24.3 Å². The summed E-state index contributed by atoms with van der Waals surface area (Å²) in [5, 5.41) is 0. The van der Waals surface area contributed by atoms with Crippen LogP contribution >= 0.6 is 0 Å². The van der Waals surface area contributed by atoms with Crippen molar-refractivity contribution < 1.29 is 19.0 Å². The fraction of sp³-hybridized carbons (Fsp3) is 0.692. The Morgan fingerprint density at radius 2 is 1.19 bits per heavy atom. The predicted octanol–water partition coefficient (Wildman–Crippen LogP) is 3.03. The van der Waals surface area contributed by atoms with Gasteiger partial charge in [-0.25, -0.2) is 0 Å². The van der Waals surface area contributed by atoms with Crippen LogP contribution in [0.15, 0.2) is 24.3 Å². The van der Waals surface area contributed by atoms with Crippen molar-refractivity contribution in [2.45, 2.75) is 31.8 Å². The molecule has 16 heavy (non-hydrogen) atoms. The molecular formula is C13H25N2Nb+2. The summed E-state index contributed by atoms with van der Waals surface area (Å²) in [6.07, 6.45) is 9.24. The molecule has 0 fully saturated rings. The van der Waals surface area contributed by atoms with Gasteiger partial charge in [-0.3, -0.25) is 0 Å². The molecular weight excluding hydrogens is 277 g/mol. The zero-order valence-corrected chi connectivity index (χ0v) is 13.3. The van der Waals surface area contributed by atoms with E-state index >= 15 is 0 Å². The molecule has 0 aromatic rings. The van der Waals surface area contributed by atoms with E-state index in [0.717, 1.165) is 4.14 Å². The third-order valence-electron chi connectivity index (χ3n) is 3.03. The third kappa shape index (κ3) is 3.31. The van der Waals surface area contributed by atoms with Crippen molar-refractivity contribution in [2.24, 2.45) is 0 Å². The molecule has 0 bridgehead atoms. The molecule has 0 atom stereocenters. The monoisotopic (exact) mass is 302 g/mol. The quantitative estimate of drug-likeness (QED) is 0.667. The summed E-state index contributed by atoms with van der Waals surface area (Å²) in [4.78, 5) is 0. The molecule has 0 saturated carbocycles. The summed E-state index contributed by atoms with van der Waals surface area (Å²) in [5.74, 6) is 0. The van der Waals surface area contributed by atoms with Gasteiger partial charge in [-0.1, -0.05) is 0 Å². The van der Waals surface area contributed by atoms with Crippen molar-refractivity contribution in [1.82, 2.24) is 6.61 Å². The molecule has 0 aromatic carbocycles. The summed E-state index contributed by atoms with van der Waals surface area (Å²) in [6, 6.07) is 0. The van der Waals surface area contributed by atoms with Crippen LogP contribution in [0.3, 0.4) is 0 Å². The Balaban J connectivity index is 2.82. The van der Waals surface area contributed by atoms with Gasteiger partial charge in [-0.05, 0) is 0 Å². The molecule has 0 unspecified atom stereocenters. The topological polar surface area (TPSA) is 6.48 Å². The Morgan fingerprint density at radius 1 is 0.812 bits per heavy atom. The van der Waals surface area contributed by atoms with E-state index in [9.17, 15) is 0 Å². The minimum atomic E-state index is -1.52. The molecule has 2 nitrogen and oxygen atoms in total. The van der Waals surface area contributed by atoms with Gasteiger partial charge < -0.3 is 0 Å². The standard InChI is InChI=1S/C5H5.2C4H10N.Nb/c1-2-4-5-3-1;2*1-3-5-4-2;/h1-5H;2*3-4H2,1-2H3;/q;2*-1;+4. The minimum absolute atomic E-state index is 0.739. The van der Waals surface area contributed by atoms with Crippen molar-refractivity contribution in [3.63, 3.8) is 0 Å². The Kier molecular flexibility index (Phi) is 6.62. The van der Waals surface area contributed by atoms with Crippen LogP contribution in [0.1, 0.15) is 27.7 Å². The van der Waals surface area contributed by atoms with Gasteiger partial charge in [0, 0.05) is 0 Å². The van der Waals surface area contributed by atoms with Crippen molar-refractivity contribution in [1.29, 1.82) is 0 Å². The number of nitrogens with zero attached hydrogens (tertiary/aromatic N) is 2. The summed E-state index contributed by atoms with van der Waals surface area (Å²) < 4.78 is 6.21. The first kappa shape index (κ1) is 14.2. The Hall–Kier alpha value is 0.140. The maximum atomic E-state index is 2.74. The van der Waals surface area contributed by atoms with Gasteiger partial charge in [0.2, 0.25) is 0 Å².